The van der Waals surface area contributed by atoms with Gasteiger partial charge in [-0.3, -0.25) is 4.79 Å². The van der Waals surface area contributed by atoms with Gasteiger partial charge in [-0.1, -0.05) is 91.3 Å². The van der Waals surface area contributed by atoms with Crippen LogP contribution in [0.25, 0.3) is 0 Å². The molecule has 0 radical (unpaired) electrons. The van der Waals surface area contributed by atoms with Gasteiger partial charge in [-0.2, -0.15) is 13.2 Å². The van der Waals surface area contributed by atoms with Crippen LogP contribution in [0.3, 0.4) is 0 Å². The molecule has 0 aliphatic heterocycles. The summed E-state index contributed by atoms with van der Waals surface area (Å²) in [7, 11) is -6.67. The van der Waals surface area contributed by atoms with E-state index in [9.17, 15) is 18.0 Å². The van der Waals surface area contributed by atoms with Crippen molar-refractivity contribution in [2.45, 2.75) is 194 Å². The van der Waals surface area contributed by atoms with Crippen molar-refractivity contribution in [3.63, 3.8) is 0 Å². The Balaban J connectivity index is 1.86. The van der Waals surface area contributed by atoms with Crippen LogP contribution in [-0.2, 0) is 18.1 Å². The Labute approximate surface area is 330 Å². The van der Waals surface area contributed by atoms with E-state index in [4.69, 9.17) is 13.3 Å². The zero-order chi connectivity index (χ0) is 41.5. The predicted molar refractivity (Wildman–Crippen MR) is 227 cm³/mol. The van der Waals surface area contributed by atoms with Crippen molar-refractivity contribution in [1.29, 1.82) is 0 Å². The SMILES string of the molecule is C=C1/C(=C\C=C2/CCC[C@]3(C)C(C(C)CNC(=O)C[C@](C)(O[Si](C)(C)C)C(F)(F)F)=CCC[C@@H]23)CC(O[Si](C)(C)C(C)(C)C)C[C@@H]1O[Si](C)(C)C(C)(C)C. The number of halogens is 3. The van der Waals surface area contributed by atoms with Gasteiger partial charge in [0.25, 0.3) is 0 Å². The quantitative estimate of drug-likeness (QED) is 0.158. The Morgan fingerprint density at radius 2 is 1.56 bits per heavy atom. The van der Waals surface area contributed by atoms with Gasteiger partial charge < -0.3 is 18.6 Å². The molecule has 0 aromatic rings. The lowest BCUT2D eigenvalue weighted by molar-refractivity contribution is -0.246. The number of hydrogen-bond donors (Lipinski definition) is 1. The zero-order valence-corrected chi connectivity index (χ0v) is 39.9. The van der Waals surface area contributed by atoms with Crippen LogP contribution in [0.5, 0.6) is 0 Å². The van der Waals surface area contributed by atoms with Crippen LogP contribution >= 0.6 is 0 Å². The molecule has 0 saturated heterocycles. The van der Waals surface area contributed by atoms with E-state index < -0.39 is 49.1 Å². The first kappa shape index (κ1) is 47.1. The highest BCUT2D eigenvalue weighted by Gasteiger charge is 2.55. The first-order valence-corrected chi connectivity index (χ1v) is 29.6. The van der Waals surface area contributed by atoms with E-state index >= 15 is 0 Å². The lowest BCUT2D eigenvalue weighted by atomic mass is 9.56. The molecule has 3 rings (SSSR count). The minimum atomic E-state index is -4.65. The first-order valence-electron chi connectivity index (χ1n) is 20.4. The van der Waals surface area contributed by atoms with Crippen LogP contribution in [0.1, 0.15) is 114 Å². The molecule has 54 heavy (non-hydrogen) atoms. The van der Waals surface area contributed by atoms with Crippen molar-refractivity contribution in [3.05, 3.63) is 47.1 Å². The molecule has 3 aliphatic rings. The number of fused-ring (bicyclic) bond motifs is 1. The van der Waals surface area contributed by atoms with E-state index in [0.717, 1.165) is 57.4 Å². The summed E-state index contributed by atoms with van der Waals surface area (Å²) >= 11 is 0. The number of carbonyl (C=O) groups excluding carboxylic acids is 1. The third kappa shape index (κ3) is 11.2. The van der Waals surface area contributed by atoms with Crippen LogP contribution in [0.4, 0.5) is 13.2 Å². The van der Waals surface area contributed by atoms with Gasteiger partial charge in [-0.15, -0.1) is 0 Å². The fourth-order valence-corrected chi connectivity index (χ4v) is 12.5. The highest BCUT2D eigenvalue weighted by atomic mass is 28.4. The van der Waals surface area contributed by atoms with Gasteiger partial charge in [-0.25, -0.2) is 0 Å². The van der Waals surface area contributed by atoms with Gasteiger partial charge in [0.1, 0.15) is 0 Å². The molecule has 11 heteroatoms. The van der Waals surface area contributed by atoms with Crippen LogP contribution < -0.4 is 5.32 Å². The summed E-state index contributed by atoms with van der Waals surface area (Å²) in [5.41, 5.74) is 2.46. The Morgan fingerprint density at radius 1 is 0.981 bits per heavy atom. The van der Waals surface area contributed by atoms with E-state index in [1.807, 2.05) is 0 Å². The summed E-state index contributed by atoms with van der Waals surface area (Å²) in [5, 5.41) is 3.04. The Kier molecular flexibility index (Phi) is 14.4. The molecule has 2 saturated carbocycles. The number of rotatable bonds is 12. The summed E-state index contributed by atoms with van der Waals surface area (Å²) in [6.45, 7) is 38.5. The molecule has 2 fully saturated rings. The highest BCUT2D eigenvalue weighted by Crippen LogP contribution is 2.55. The topological polar surface area (TPSA) is 56.8 Å². The van der Waals surface area contributed by atoms with Crippen molar-refractivity contribution in [1.82, 2.24) is 5.32 Å². The van der Waals surface area contributed by atoms with Gasteiger partial charge in [0.05, 0.1) is 18.6 Å². The Hall–Kier alpha value is -1.25. The van der Waals surface area contributed by atoms with Crippen molar-refractivity contribution < 1.29 is 31.2 Å². The molecule has 0 aromatic carbocycles. The minimum Gasteiger partial charge on any atom is -0.413 e. The van der Waals surface area contributed by atoms with E-state index in [2.05, 4.69) is 112 Å². The maximum absolute atomic E-state index is 14.1. The van der Waals surface area contributed by atoms with Crippen LogP contribution in [0, 0.1) is 17.3 Å². The number of amides is 1. The van der Waals surface area contributed by atoms with E-state index in [1.165, 1.54) is 16.7 Å². The van der Waals surface area contributed by atoms with Crippen molar-refractivity contribution >= 4 is 30.9 Å². The Morgan fingerprint density at radius 3 is 2.09 bits per heavy atom. The molecular weight excluding hydrogens is 736 g/mol. The molecule has 0 aromatic heterocycles. The first-order chi connectivity index (χ1) is 24.2. The molecule has 0 spiro atoms. The van der Waals surface area contributed by atoms with Crippen LogP contribution in [0.15, 0.2) is 47.1 Å². The van der Waals surface area contributed by atoms with Crippen LogP contribution in [0.2, 0.25) is 55.9 Å². The monoisotopic (exact) mass is 812 g/mol. The van der Waals surface area contributed by atoms with Gasteiger partial charge in [-0.05, 0) is 130 Å². The summed E-state index contributed by atoms with van der Waals surface area (Å²) in [6, 6.07) is 0. The van der Waals surface area contributed by atoms with Crippen LogP contribution in [-0.4, -0.2) is 61.4 Å². The third-order valence-corrected chi connectivity index (χ3v) is 23.4. The van der Waals surface area contributed by atoms with E-state index in [0.29, 0.717) is 12.5 Å². The minimum absolute atomic E-state index is 0.00545. The van der Waals surface area contributed by atoms with Crippen molar-refractivity contribution in [3.8, 4) is 0 Å². The zero-order valence-electron chi connectivity index (χ0n) is 36.9. The lowest BCUT2D eigenvalue weighted by Crippen LogP contribution is -2.53. The summed E-state index contributed by atoms with van der Waals surface area (Å²) in [6.07, 6.45) is 8.41. The van der Waals surface area contributed by atoms with E-state index in [-0.39, 0.29) is 33.6 Å². The molecule has 5 nitrogen and oxygen atoms in total. The summed E-state index contributed by atoms with van der Waals surface area (Å²) in [5.74, 6) is -0.280. The molecule has 0 bridgehead atoms. The van der Waals surface area contributed by atoms with Crippen molar-refractivity contribution in [2.24, 2.45) is 17.3 Å². The molecule has 0 heterocycles. The lowest BCUT2D eigenvalue weighted by Gasteiger charge is -2.49. The van der Waals surface area contributed by atoms with Gasteiger partial charge in [0.2, 0.25) is 5.91 Å². The standard InChI is InChI=1S/C43H76F3NO4Si3/c1-30(29-47-38(48)28-42(10,43(44,45)46)51-52(11,12)13)35-21-18-22-36-32(20-19-25-41(35,36)9)23-24-33-26-34(49-53(14,15)39(3,4)5)27-37(31(33)2)50-54(16,17)40(6,7)8/h21,23-24,30,34,36-37H,2,18-20,22,25-29H2,1,3-17H3,(H,47,48)/b32-23+,33-24-/t30?,34?,36-,37-,41+,42-/m0/s1. The maximum atomic E-state index is 14.1. The second kappa shape index (κ2) is 16.5. The number of carbonyl (C=O) groups is 1. The molecule has 1 N–H and O–H groups in total. The number of nitrogens with one attached hydrogen (secondary N) is 1. The summed E-state index contributed by atoms with van der Waals surface area (Å²) in [4.78, 5) is 13.0. The molecule has 310 valence electrons. The normalized spacial score (nSPS) is 28.4. The fourth-order valence-electron chi connectivity index (χ4n) is 8.25. The van der Waals surface area contributed by atoms with Gasteiger partial charge in [0.15, 0.2) is 30.6 Å². The summed E-state index contributed by atoms with van der Waals surface area (Å²) < 4.78 is 62.0. The number of hydrogen-bond acceptors (Lipinski definition) is 4. The maximum Gasteiger partial charge on any atom is 0.416 e. The fraction of sp³-hybridized carbons (Fsp3) is 0.791. The second-order valence-corrected chi connectivity index (χ2v) is 35.1. The average molecular weight is 812 g/mol. The molecule has 6 atom stereocenters. The second-order valence-electron chi connectivity index (χ2n) is 21.2. The van der Waals surface area contributed by atoms with Gasteiger partial charge >= 0.3 is 6.18 Å². The highest BCUT2D eigenvalue weighted by molar-refractivity contribution is 6.74. The number of allylic oxidation sites excluding steroid dienone is 4. The average Bonchev–Trinajstić information content (AvgIpc) is 2.97. The third-order valence-electron chi connectivity index (χ3n) is 13.4. The predicted octanol–water partition coefficient (Wildman–Crippen LogP) is 12.8. The molecule has 3 aliphatic carbocycles. The Bertz CT molecular complexity index is 1460. The molecule has 2 unspecified atom stereocenters. The van der Waals surface area contributed by atoms with Crippen molar-refractivity contribution in [2.75, 3.05) is 6.54 Å². The number of alkyl halides is 3. The van der Waals surface area contributed by atoms with Gasteiger partial charge in [0, 0.05) is 13.0 Å². The molecule has 1 amide bonds. The smallest absolute Gasteiger partial charge is 0.413 e. The molecular formula is C43H76F3NO4Si3. The largest absolute Gasteiger partial charge is 0.416 e. The van der Waals surface area contributed by atoms with E-state index in [1.54, 1.807) is 19.6 Å².